The lowest BCUT2D eigenvalue weighted by atomic mass is 9.92. The first kappa shape index (κ1) is 32.4. The summed E-state index contributed by atoms with van der Waals surface area (Å²) in [5.41, 5.74) is 2.86. The van der Waals surface area contributed by atoms with Crippen molar-refractivity contribution in [3.8, 4) is 5.75 Å². The number of nitrogens with one attached hydrogen (secondary N) is 3. The molecule has 0 aliphatic carbocycles. The summed E-state index contributed by atoms with van der Waals surface area (Å²) in [5, 5.41) is 6.35. The summed E-state index contributed by atoms with van der Waals surface area (Å²) < 4.78 is 44.6. The Balaban J connectivity index is 1.41. The molecule has 0 saturated carbocycles. The highest BCUT2D eigenvalue weighted by Crippen LogP contribution is 2.31. The van der Waals surface area contributed by atoms with Crippen LogP contribution in [0, 0.1) is 5.82 Å². The summed E-state index contributed by atoms with van der Waals surface area (Å²) in [6.45, 7) is -0.818. The van der Waals surface area contributed by atoms with Crippen molar-refractivity contribution in [3.63, 3.8) is 0 Å². The van der Waals surface area contributed by atoms with Gasteiger partial charge in [0.25, 0.3) is 0 Å². The molecule has 3 aromatic carbocycles. The van der Waals surface area contributed by atoms with Gasteiger partial charge in [-0.15, -0.1) is 0 Å². The minimum absolute atomic E-state index is 0.0260. The number of hydrogen-bond acceptors (Lipinski definition) is 5. The number of carbonyl (C=O) groups excluding carboxylic acids is 3. The number of aromatic amines is 1. The topological polar surface area (TPSA) is 110 Å². The van der Waals surface area contributed by atoms with Gasteiger partial charge in [-0.2, -0.15) is 8.78 Å². The van der Waals surface area contributed by atoms with Gasteiger partial charge >= 0.3 is 12.6 Å². The Kier molecular flexibility index (Phi) is 9.81. The molecule has 4 amide bonds. The Morgan fingerprint density at radius 1 is 1.04 bits per heavy atom. The highest BCUT2D eigenvalue weighted by atomic mass is 19.3. The summed E-state index contributed by atoms with van der Waals surface area (Å²) in [5.74, 6) is -2.28. The van der Waals surface area contributed by atoms with Crippen LogP contribution in [-0.4, -0.2) is 79.0 Å². The van der Waals surface area contributed by atoms with Crippen LogP contribution in [0.4, 0.5) is 29.3 Å². The molecule has 13 heteroatoms. The van der Waals surface area contributed by atoms with Crippen LogP contribution in [0.5, 0.6) is 5.75 Å². The number of urea groups is 1. The maximum absolute atomic E-state index is 14.0. The predicted molar refractivity (Wildman–Crippen MR) is 168 cm³/mol. The Hall–Kier alpha value is -5.04. The molecule has 1 aliphatic heterocycles. The normalized spacial score (nSPS) is 14.9. The van der Waals surface area contributed by atoms with Gasteiger partial charge in [-0.05, 0) is 67.7 Å². The largest absolute Gasteiger partial charge is 0.433 e. The molecule has 2 heterocycles. The molecule has 5 rings (SSSR count). The van der Waals surface area contributed by atoms with Gasteiger partial charge in [0, 0.05) is 48.3 Å². The number of ether oxygens (including phenoxy) is 1. The average molecular weight is 637 g/mol. The highest BCUT2D eigenvalue weighted by molar-refractivity contribution is 6.01. The third kappa shape index (κ3) is 7.42. The summed E-state index contributed by atoms with van der Waals surface area (Å²) in [4.78, 5) is 48.4. The zero-order valence-electron chi connectivity index (χ0n) is 25.6. The lowest BCUT2D eigenvalue weighted by Crippen LogP contribution is -2.58. The molecule has 0 bridgehead atoms. The zero-order valence-corrected chi connectivity index (χ0v) is 25.6. The lowest BCUT2D eigenvalue weighted by Gasteiger charge is -2.35. The van der Waals surface area contributed by atoms with Crippen molar-refractivity contribution in [2.24, 2.45) is 0 Å². The Morgan fingerprint density at radius 2 is 1.78 bits per heavy atom. The van der Waals surface area contributed by atoms with E-state index >= 15 is 0 Å². The van der Waals surface area contributed by atoms with E-state index in [4.69, 9.17) is 4.74 Å². The van der Waals surface area contributed by atoms with Crippen LogP contribution in [0.25, 0.3) is 10.9 Å². The molecule has 0 unspecified atom stereocenters. The highest BCUT2D eigenvalue weighted by Gasteiger charge is 2.34. The summed E-state index contributed by atoms with van der Waals surface area (Å²) in [6, 6.07) is 15.7. The van der Waals surface area contributed by atoms with E-state index in [1.54, 1.807) is 25.3 Å². The second kappa shape index (κ2) is 13.9. The van der Waals surface area contributed by atoms with Gasteiger partial charge < -0.3 is 35.1 Å². The van der Waals surface area contributed by atoms with E-state index in [-0.39, 0.29) is 37.0 Å². The van der Waals surface area contributed by atoms with Crippen molar-refractivity contribution in [3.05, 3.63) is 89.9 Å². The lowest BCUT2D eigenvalue weighted by molar-refractivity contribution is -0.120. The van der Waals surface area contributed by atoms with Crippen LogP contribution in [0.1, 0.15) is 24.0 Å². The van der Waals surface area contributed by atoms with E-state index in [1.807, 2.05) is 43.3 Å². The minimum atomic E-state index is -3.12. The number of alkyl halides is 2. The number of aromatic nitrogens is 1. The van der Waals surface area contributed by atoms with Crippen molar-refractivity contribution < 1.29 is 32.3 Å². The summed E-state index contributed by atoms with van der Waals surface area (Å²) >= 11 is 0. The molecular formula is C33H35F3N6O4. The second-order valence-electron chi connectivity index (χ2n) is 11.4. The molecular weight excluding hydrogens is 601 g/mol. The molecule has 10 nitrogen and oxygen atoms in total. The SMILES string of the molecule is C[C@@H](c1c[nH]c2ccccc12)[C@@H](NC(=O)N1CCN(c2ccc(F)cc2)C(=O)C1)C(=O)Nc1cc(CN(C)C)ccc1OC(F)F. The van der Waals surface area contributed by atoms with Gasteiger partial charge in [-0.1, -0.05) is 31.2 Å². The maximum atomic E-state index is 14.0. The number of rotatable bonds is 10. The van der Waals surface area contributed by atoms with E-state index in [9.17, 15) is 27.6 Å². The summed E-state index contributed by atoms with van der Waals surface area (Å²) in [7, 11) is 3.70. The molecule has 242 valence electrons. The zero-order chi connectivity index (χ0) is 33.0. The Bertz CT molecular complexity index is 1710. The first-order valence-electron chi connectivity index (χ1n) is 14.7. The van der Waals surface area contributed by atoms with Crippen LogP contribution < -0.4 is 20.3 Å². The molecule has 2 atom stereocenters. The fourth-order valence-corrected chi connectivity index (χ4v) is 5.58. The monoisotopic (exact) mass is 636 g/mol. The average Bonchev–Trinajstić information content (AvgIpc) is 3.45. The third-order valence-corrected chi connectivity index (χ3v) is 7.84. The van der Waals surface area contributed by atoms with E-state index in [1.165, 1.54) is 40.1 Å². The standard InChI is InChI=1S/C33H35F3N6O4/c1-20(25-17-37-26-7-5-4-6-24(25)26)30(31(44)38-27-16-21(18-40(2)3)8-13-28(27)46-32(35)36)39-33(45)41-14-15-42(29(43)19-41)23-11-9-22(34)10-12-23/h4-13,16-17,20,30,32,37H,14-15,18-19H2,1-3H3,(H,38,44)(H,39,45)/t20-,30+/m0/s1. The third-order valence-electron chi connectivity index (χ3n) is 7.84. The van der Waals surface area contributed by atoms with Crippen LogP contribution in [0.3, 0.4) is 0 Å². The molecule has 0 spiro atoms. The molecule has 46 heavy (non-hydrogen) atoms. The van der Waals surface area contributed by atoms with Crippen molar-refractivity contribution >= 4 is 40.1 Å². The smallest absolute Gasteiger partial charge is 0.387 e. The number of amides is 4. The number of para-hydroxylation sites is 1. The first-order chi connectivity index (χ1) is 22.0. The minimum Gasteiger partial charge on any atom is -0.433 e. The van der Waals surface area contributed by atoms with Gasteiger partial charge in [0.05, 0.1) is 5.69 Å². The van der Waals surface area contributed by atoms with Crippen LogP contribution in [0.2, 0.25) is 0 Å². The van der Waals surface area contributed by atoms with Crippen LogP contribution >= 0.6 is 0 Å². The number of anilines is 2. The van der Waals surface area contributed by atoms with Gasteiger partial charge in [-0.25, -0.2) is 9.18 Å². The number of fused-ring (bicyclic) bond motifs is 1. The molecule has 4 aromatic rings. The van der Waals surface area contributed by atoms with E-state index in [0.717, 1.165) is 22.0 Å². The van der Waals surface area contributed by atoms with Crippen molar-refractivity contribution in [2.75, 3.05) is 43.9 Å². The van der Waals surface area contributed by atoms with E-state index in [0.29, 0.717) is 12.2 Å². The van der Waals surface area contributed by atoms with Crippen molar-refractivity contribution in [1.29, 1.82) is 0 Å². The fraction of sp³-hybridized carbons (Fsp3) is 0.303. The molecule has 1 fully saturated rings. The molecule has 3 N–H and O–H groups in total. The number of nitrogens with zero attached hydrogens (tertiary/aromatic N) is 3. The van der Waals surface area contributed by atoms with Crippen molar-refractivity contribution in [2.45, 2.75) is 32.0 Å². The molecule has 0 radical (unpaired) electrons. The number of H-pyrrole nitrogens is 1. The second-order valence-corrected chi connectivity index (χ2v) is 11.4. The van der Waals surface area contributed by atoms with E-state index < -0.39 is 36.3 Å². The number of benzene rings is 3. The number of carbonyl (C=O) groups is 3. The number of piperazine rings is 1. The number of halogens is 3. The fourth-order valence-electron chi connectivity index (χ4n) is 5.58. The first-order valence-corrected chi connectivity index (χ1v) is 14.7. The predicted octanol–water partition coefficient (Wildman–Crippen LogP) is 5.14. The van der Waals surface area contributed by atoms with Gasteiger partial charge in [-0.3, -0.25) is 9.59 Å². The van der Waals surface area contributed by atoms with E-state index in [2.05, 4.69) is 15.6 Å². The molecule has 1 aliphatic rings. The quantitative estimate of drug-likeness (QED) is 0.224. The van der Waals surface area contributed by atoms with Crippen LogP contribution in [-0.2, 0) is 16.1 Å². The van der Waals surface area contributed by atoms with Gasteiger partial charge in [0.2, 0.25) is 11.8 Å². The van der Waals surface area contributed by atoms with Gasteiger partial charge in [0.1, 0.15) is 24.2 Å². The Labute approximate surface area is 264 Å². The molecule has 1 aromatic heterocycles. The summed E-state index contributed by atoms with van der Waals surface area (Å²) in [6.07, 6.45) is 1.76. The van der Waals surface area contributed by atoms with Gasteiger partial charge in [0.15, 0.2) is 0 Å². The maximum Gasteiger partial charge on any atom is 0.387 e. The van der Waals surface area contributed by atoms with Crippen molar-refractivity contribution in [1.82, 2.24) is 20.1 Å². The molecule has 1 saturated heterocycles. The number of hydrogen-bond donors (Lipinski definition) is 3. The Morgan fingerprint density at radius 3 is 2.48 bits per heavy atom. The van der Waals surface area contributed by atoms with Crippen LogP contribution in [0.15, 0.2) is 72.9 Å².